The lowest BCUT2D eigenvalue weighted by molar-refractivity contribution is 0.0690. The van der Waals surface area contributed by atoms with Crippen molar-refractivity contribution in [3.63, 3.8) is 0 Å². The van der Waals surface area contributed by atoms with Crippen LogP contribution in [0.4, 0.5) is 6.01 Å². The molecular weight excluding hydrogens is 216 g/mol. The van der Waals surface area contributed by atoms with Crippen molar-refractivity contribution in [3.8, 4) is 0 Å². The number of nitrogens with zero attached hydrogens (tertiary/aromatic N) is 1. The highest BCUT2D eigenvalue weighted by Crippen LogP contribution is 2.17. The quantitative estimate of drug-likeness (QED) is 0.540. The van der Waals surface area contributed by atoms with Gasteiger partial charge >= 0.3 is 5.97 Å². The van der Waals surface area contributed by atoms with Gasteiger partial charge in [0.1, 0.15) is 6.26 Å². The average Bonchev–Trinajstić information content (AvgIpc) is 2.74. The number of aromatic nitrogens is 1. The highest BCUT2D eigenvalue weighted by atomic mass is 16.4. The molecule has 0 aliphatic heterocycles. The van der Waals surface area contributed by atoms with Gasteiger partial charge in [0.05, 0.1) is 18.8 Å². The van der Waals surface area contributed by atoms with Crippen LogP contribution in [0.5, 0.6) is 0 Å². The molecule has 1 aromatic rings. The number of rotatable bonds is 6. The van der Waals surface area contributed by atoms with Crippen LogP contribution in [-0.2, 0) is 0 Å². The number of nitrogens with one attached hydrogen (secondary N) is 1. The van der Waals surface area contributed by atoms with Gasteiger partial charge in [-0.15, -0.1) is 0 Å². The molecule has 0 atom stereocenters. The zero-order valence-electron chi connectivity index (χ0n) is 8.80. The first-order valence-electron chi connectivity index (χ1n) is 4.75. The number of aromatic carboxylic acids is 1. The highest BCUT2D eigenvalue weighted by molar-refractivity contribution is 5.85. The third kappa shape index (κ3) is 2.50. The highest BCUT2D eigenvalue weighted by Gasteiger charge is 2.28. The predicted octanol–water partition coefficient (Wildman–Crippen LogP) is -0.0819. The molecule has 0 aromatic carbocycles. The van der Waals surface area contributed by atoms with Gasteiger partial charge in [0.25, 0.3) is 6.01 Å². The molecule has 0 unspecified atom stereocenters. The first kappa shape index (κ1) is 12.5. The van der Waals surface area contributed by atoms with Crippen molar-refractivity contribution >= 4 is 12.0 Å². The van der Waals surface area contributed by atoms with Crippen LogP contribution in [0.15, 0.2) is 10.7 Å². The summed E-state index contributed by atoms with van der Waals surface area (Å²) < 4.78 is 4.86. The van der Waals surface area contributed by atoms with Gasteiger partial charge in [-0.3, -0.25) is 0 Å². The molecule has 16 heavy (non-hydrogen) atoms. The van der Waals surface area contributed by atoms with Crippen molar-refractivity contribution in [2.75, 3.05) is 18.5 Å². The number of carboxylic acids is 1. The molecule has 0 aliphatic carbocycles. The van der Waals surface area contributed by atoms with Crippen LogP contribution in [0.1, 0.15) is 23.8 Å². The molecule has 7 nitrogen and oxygen atoms in total. The third-order valence-corrected chi connectivity index (χ3v) is 2.38. The Kier molecular flexibility index (Phi) is 3.86. The fraction of sp³-hybridized carbons (Fsp3) is 0.556. The number of aliphatic hydroxyl groups excluding tert-OH is 2. The van der Waals surface area contributed by atoms with E-state index < -0.39 is 11.5 Å². The summed E-state index contributed by atoms with van der Waals surface area (Å²) in [6.45, 7) is 1.13. The second-order valence-electron chi connectivity index (χ2n) is 3.42. The minimum absolute atomic E-state index is 0.0395. The molecule has 0 amide bonds. The SMILES string of the molecule is CCC(CO)(CO)Nc1nc(C(=O)O)co1. The summed E-state index contributed by atoms with van der Waals surface area (Å²) in [6.07, 6.45) is 1.42. The summed E-state index contributed by atoms with van der Waals surface area (Å²) in [5.74, 6) is -1.20. The molecule has 0 aliphatic rings. The first-order chi connectivity index (χ1) is 7.56. The number of aliphatic hydroxyl groups is 2. The van der Waals surface area contributed by atoms with E-state index in [-0.39, 0.29) is 24.9 Å². The maximum absolute atomic E-state index is 10.5. The maximum Gasteiger partial charge on any atom is 0.357 e. The van der Waals surface area contributed by atoms with Crippen molar-refractivity contribution < 1.29 is 24.5 Å². The second-order valence-corrected chi connectivity index (χ2v) is 3.42. The van der Waals surface area contributed by atoms with Gasteiger partial charge in [0.15, 0.2) is 5.69 Å². The average molecular weight is 230 g/mol. The fourth-order valence-electron chi connectivity index (χ4n) is 1.10. The first-order valence-corrected chi connectivity index (χ1v) is 4.75. The minimum Gasteiger partial charge on any atom is -0.476 e. The van der Waals surface area contributed by atoms with Gasteiger partial charge in [0.2, 0.25) is 0 Å². The Hall–Kier alpha value is -1.60. The Morgan fingerprint density at radius 2 is 2.19 bits per heavy atom. The number of carbonyl (C=O) groups is 1. The Morgan fingerprint density at radius 3 is 2.56 bits per heavy atom. The molecular formula is C9H14N2O5. The third-order valence-electron chi connectivity index (χ3n) is 2.38. The summed E-state index contributed by atoms with van der Waals surface area (Å²) in [7, 11) is 0. The van der Waals surface area contributed by atoms with Gasteiger partial charge in [0, 0.05) is 0 Å². The van der Waals surface area contributed by atoms with E-state index in [4.69, 9.17) is 19.7 Å². The molecule has 1 rings (SSSR count). The second kappa shape index (κ2) is 4.95. The van der Waals surface area contributed by atoms with Crippen LogP contribution < -0.4 is 5.32 Å². The number of anilines is 1. The molecule has 0 radical (unpaired) electrons. The summed E-state index contributed by atoms with van der Waals surface area (Å²) in [4.78, 5) is 14.2. The van der Waals surface area contributed by atoms with Crippen molar-refractivity contribution in [3.05, 3.63) is 12.0 Å². The van der Waals surface area contributed by atoms with Crippen LogP contribution in [-0.4, -0.2) is 45.0 Å². The lowest BCUT2D eigenvalue weighted by atomic mass is 9.99. The molecule has 4 N–H and O–H groups in total. The lowest BCUT2D eigenvalue weighted by Crippen LogP contribution is -2.45. The smallest absolute Gasteiger partial charge is 0.357 e. The summed E-state index contributed by atoms with van der Waals surface area (Å²) in [6, 6.07) is -0.0395. The molecule has 0 fully saturated rings. The zero-order valence-corrected chi connectivity index (χ0v) is 8.80. The molecule has 1 heterocycles. The van der Waals surface area contributed by atoms with Gasteiger partial charge in [-0.05, 0) is 6.42 Å². The van der Waals surface area contributed by atoms with Crippen molar-refractivity contribution in [2.24, 2.45) is 0 Å². The fourth-order valence-corrected chi connectivity index (χ4v) is 1.10. The van der Waals surface area contributed by atoms with Crippen LogP contribution in [0.3, 0.4) is 0 Å². The largest absolute Gasteiger partial charge is 0.476 e. The van der Waals surface area contributed by atoms with Crippen molar-refractivity contribution in [2.45, 2.75) is 18.9 Å². The molecule has 0 saturated carbocycles. The van der Waals surface area contributed by atoms with Crippen molar-refractivity contribution in [1.82, 2.24) is 4.98 Å². The minimum atomic E-state index is -1.20. The van der Waals surface area contributed by atoms with E-state index in [9.17, 15) is 4.79 Å². The van der Waals surface area contributed by atoms with Gasteiger partial charge in [-0.1, -0.05) is 6.92 Å². The Balaban J connectivity index is 2.81. The Bertz CT molecular complexity index is 350. The monoisotopic (exact) mass is 230 g/mol. The van der Waals surface area contributed by atoms with E-state index in [0.29, 0.717) is 6.42 Å². The van der Waals surface area contributed by atoms with E-state index in [2.05, 4.69) is 10.3 Å². The lowest BCUT2D eigenvalue weighted by Gasteiger charge is -2.28. The maximum atomic E-state index is 10.5. The Labute approximate surface area is 91.7 Å². The summed E-state index contributed by atoms with van der Waals surface area (Å²) in [5, 5.41) is 29.6. The van der Waals surface area contributed by atoms with E-state index in [1.807, 2.05) is 0 Å². The van der Waals surface area contributed by atoms with E-state index >= 15 is 0 Å². The van der Waals surface area contributed by atoms with E-state index in [1.165, 1.54) is 0 Å². The predicted molar refractivity (Wildman–Crippen MR) is 54.3 cm³/mol. The van der Waals surface area contributed by atoms with Crippen LogP contribution in [0.2, 0.25) is 0 Å². The van der Waals surface area contributed by atoms with Crippen molar-refractivity contribution in [1.29, 1.82) is 0 Å². The zero-order chi connectivity index (χ0) is 12.2. The molecule has 0 saturated heterocycles. The normalized spacial score (nSPS) is 11.4. The molecule has 7 heteroatoms. The van der Waals surface area contributed by atoms with Crippen LogP contribution >= 0.6 is 0 Å². The van der Waals surface area contributed by atoms with E-state index in [0.717, 1.165) is 6.26 Å². The molecule has 90 valence electrons. The standard InChI is InChI=1S/C9H14N2O5/c1-2-9(4-12,5-13)11-8-10-6(3-16-8)7(14)15/h3,12-13H,2,4-5H2,1H3,(H,10,11)(H,14,15). The Morgan fingerprint density at radius 1 is 1.56 bits per heavy atom. The number of hydrogen-bond acceptors (Lipinski definition) is 6. The number of oxazole rings is 1. The van der Waals surface area contributed by atoms with Crippen LogP contribution in [0, 0.1) is 0 Å². The topological polar surface area (TPSA) is 116 Å². The number of carboxylic acid groups (broad SMARTS) is 1. The number of hydrogen-bond donors (Lipinski definition) is 4. The van der Waals surface area contributed by atoms with Gasteiger partial charge in [-0.25, -0.2) is 4.79 Å². The van der Waals surface area contributed by atoms with E-state index in [1.54, 1.807) is 6.92 Å². The summed E-state index contributed by atoms with van der Waals surface area (Å²) in [5.41, 5.74) is -1.19. The summed E-state index contributed by atoms with van der Waals surface area (Å²) >= 11 is 0. The molecule has 0 spiro atoms. The van der Waals surface area contributed by atoms with Crippen LogP contribution in [0.25, 0.3) is 0 Å². The molecule has 0 bridgehead atoms. The van der Waals surface area contributed by atoms with Gasteiger partial charge < -0.3 is 25.1 Å². The molecule has 1 aromatic heterocycles. The van der Waals surface area contributed by atoms with Gasteiger partial charge in [-0.2, -0.15) is 4.98 Å².